The maximum atomic E-state index is 11.1. The van der Waals surface area contributed by atoms with Crippen molar-refractivity contribution in [1.29, 1.82) is 0 Å². The van der Waals surface area contributed by atoms with Gasteiger partial charge in [-0.3, -0.25) is 4.52 Å². The molecule has 0 amide bonds. The molecule has 0 bridgehead atoms. The summed E-state index contributed by atoms with van der Waals surface area (Å²) in [6, 6.07) is 0. The molecule has 3 aliphatic rings. The van der Waals surface area contributed by atoms with Gasteiger partial charge in [-0.2, -0.15) is 0 Å². The fourth-order valence-corrected chi connectivity index (χ4v) is 4.53. The Morgan fingerprint density at radius 3 is 1.68 bits per heavy atom. The van der Waals surface area contributed by atoms with Crippen molar-refractivity contribution < 1.29 is 93.6 Å². The number of hydrogen-bond donors (Lipinski definition) is 12. The van der Waals surface area contributed by atoms with Crippen molar-refractivity contribution in [2.24, 2.45) is 0 Å². The summed E-state index contributed by atoms with van der Waals surface area (Å²) in [5.41, 5.74) is 0. The average molecular weight is 584 g/mol. The van der Waals surface area contributed by atoms with Crippen molar-refractivity contribution in [2.45, 2.75) is 92.1 Å². The summed E-state index contributed by atoms with van der Waals surface area (Å²) in [5, 5.41) is 101. The number of ether oxygens (including phenoxy) is 5. The van der Waals surface area contributed by atoms with Crippen LogP contribution in [0.25, 0.3) is 0 Å². The first-order valence-corrected chi connectivity index (χ1v) is 12.9. The molecule has 3 rings (SSSR count). The zero-order valence-corrected chi connectivity index (χ0v) is 20.3. The largest absolute Gasteiger partial charge is 0.469 e. The maximum absolute atomic E-state index is 11.1. The lowest BCUT2D eigenvalue weighted by Gasteiger charge is -2.48. The molecule has 0 spiro atoms. The Morgan fingerprint density at radius 1 is 0.579 bits per heavy atom. The van der Waals surface area contributed by atoms with Gasteiger partial charge in [0, 0.05) is 0 Å². The predicted octanol–water partition coefficient (Wildman–Crippen LogP) is -7.46. The van der Waals surface area contributed by atoms with Gasteiger partial charge in [0.1, 0.15) is 73.2 Å². The van der Waals surface area contributed by atoms with Crippen molar-refractivity contribution in [2.75, 3.05) is 19.8 Å². The lowest BCUT2D eigenvalue weighted by Crippen LogP contribution is -2.67. The fourth-order valence-electron chi connectivity index (χ4n) is 4.19. The van der Waals surface area contributed by atoms with Gasteiger partial charge in [-0.15, -0.1) is 0 Å². The first-order chi connectivity index (χ1) is 17.7. The van der Waals surface area contributed by atoms with Crippen LogP contribution < -0.4 is 0 Å². The van der Waals surface area contributed by atoms with Crippen LogP contribution in [0.5, 0.6) is 0 Å². The van der Waals surface area contributed by atoms with Gasteiger partial charge in [0.15, 0.2) is 18.9 Å². The monoisotopic (exact) mass is 584 g/mol. The number of rotatable bonds is 9. The van der Waals surface area contributed by atoms with Crippen molar-refractivity contribution in [3.63, 3.8) is 0 Å². The van der Waals surface area contributed by atoms with Gasteiger partial charge in [0.05, 0.1) is 19.8 Å². The van der Waals surface area contributed by atoms with E-state index in [0.29, 0.717) is 0 Å². The van der Waals surface area contributed by atoms with Crippen LogP contribution in [0.4, 0.5) is 0 Å². The van der Waals surface area contributed by atoms with Gasteiger partial charge in [-0.05, 0) is 0 Å². The predicted molar refractivity (Wildman–Crippen MR) is 112 cm³/mol. The van der Waals surface area contributed by atoms with Crippen molar-refractivity contribution in [3.8, 4) is 0 Å². The second-order valence-corrected chi connectivity index (χ2v) is 10.2. The van der Waals surface area contributed by atoms with Crippen LogP contribution in [-0.4, -0.2) is 173 Å². The van der Waals surface area contributed by atoms with Crippen LogP contribution in [0.3, 0.4) is 0 Å². The van der Waals surface area contributed by atoms with E-state index in [1.54, 1.807) is 0 Å². The zero-order valence-electron chi connectivity index (χ0n) is 19.5. The van der Waals surface area contributed by atoms with Crippen LogP contribution in [0, 0.1) is 0 Å². The minimum absolute atomic E-state index is 0.832. The highest BCUT2D eigenvalue weighted by Crippen LogP contribution is 2.38. The van der Waals surface area contributed by atoms with Gasteiger partial charge in [0.2, 0.25) is 0 Å². The molecule has 224 valence electrons. The summed E-state index contributed by atoms with van der Waals surface area (Å²) in [6.07, 6.45) is -27.7. The average Bonchev–Trinajstić information content (AvgIpc) is 2.86. The van der Waals surface area contributed by atoms with E-state index in [1.807, 2.05) is 0 Å². The Bertz CT molecular complexity index is 798. The van der Waals surface area contributed by atoms with Gasteiger partial charge in [-0.1, -0.05) is 0 Å². The molecule has 0 aromatic rings. The minimum atomic E-state index is -5.08. The smallest absolute Gasteiger partial charge is 0.394 e. The van der Waals surface area contributed by atoms with Gasteiger partial charge in [0.25, 0.3) is 0 Å². The molecule has 38 heavy (non-hydrogen) atoms. The van der Waals surface area contributed by atoms with Gasteiger partial charge >= 0.3 is 7.82 Å². The molecule has 15 atom stereocenters. The third-order valence-corrected chi connectivity index (χ3v) is 6.81. The molecule has 3 saturated heterocycles. The molecule has 12 N–H and O–H groups in total. The van der Waals surface area contributed by atoms with E-state index in [-0.39, 0.29) is 0 Å². The molecule has 0 radical (unpaired) electrons. The van der Waals surface area contributed by atoms with Crippen LogP contribution in [0.15, 0.2) is 0 Å². The third kappa shape index (κ3) is 7.04. The summed E-state index contributed by atoms with van der Waals surface area (Å²) < 4.78 is 41.9. The first-order valence-electron chi connectivity index (χ1n) is 11.3. The molecular formula is C18H33O19P. The number of phosphoric ester groups is 1. The zero-order chi connectivity index (χ0) is 28.5. The summed E-state index contributed by atoms with van der Waals surface area (Å²) in [5.74, 6) is 0. The topological polar surface area (TPSA) is 315 Å². The number of aliphatic hydroxyl groups excluding tert-OH is 10. The molecule has 0 saturated carbocycles. The molecule has 0 aliphatic carbocycles. The van der Waals surface area contributed by atoms with Crippen LogP contribution in [0.1, 0.15) is 0 Å². The van der Waals surface area contributed by atoms with Crippen molar-refractivity contribution >= 4 is 7.82 Å². The highest BCUT2D eigenvalue weighted by Gasteiger charge is 2.54. The molecule has 3 aliphatic heterocycles. The molecular weight excluding hydrogens is 551 g/mol. The molecule has 3 fully saturated rings. The molecule has 20 heteroatoms. The highest BCUT2D eigenvalue weighted by molar-refractivity contribution is 7.46. The molecule has 0 aromatic carbocycles. The maximum Gasteiger partial charge on any atom is 0.469 e. The summed E-state index contributed by atoms with van der Waals surface area (Å²) in [4.78, 5) is 17.9. The minimum Gasteiger partial charge on any atom is -0.394 e. The number of hydrogen-bond acceptors (Lipinski definition) is 17. The Kier molecular flexibility index (Phi) is 11.0. The SMILES string of the molecule is O=P(O)(O)OC[C@H]1O[C@H](O[C@H]2[C@H](O)[C@@H](CO)OC(O)[C@H]2O)[C@@H](O[C@H]2O[C@H](CO)[C@@H](O)[C@H](O)[C@@H]2O)[C@@H](O)[C@@H]1O. The summed E-state index contributed by atoms with van der Waals surface area (Å²) in [6.45, 7) is -2.67. The molecule has 19 nitrogen and oxygen atoms in total. The quantitative estimate of drug-likeness (QED) is 0.112. The Morgan fingerprint density at radius 2 is 1.11 bits per heavy atom. The summed E-state index contributed by atoms with van der Waals surface area (Å²) in [7, 11) is -5.08. The fraction of sp³-hybridized carbons (Fsp3) is 1.00. The van der Waals surface area contributed by atoms with E-state index < -0.39 is 120 Å². The lowest BCUT2D eigenvalue weighted by atomic mass is 9.96. The Hall–Kier alpha value is -0.490. The standard InChI is InChI=1S/C18H33O19P/c19-1-4-7(21)10(24)12(26)17(34-4)37-15-11(25)8(22)6(3-32-38(29,30)31)35-18(15)36-14-9(23)5(2-20)33-16(28)13(14)27/h4-28H,1-3H2,(H2,29,30,31)/t4-,5-,6-,7-,8-,9-,10+,11+,12+,13+,14+,15+,16?,17-,18-/m1/s1. The van der Waals surface area contributed by atoms with Crippen LogP contribution in [-0.2, 0) is 32.8 Å². The number of aliphatic hydroxyl groups is 10. The second-order valence-electron chi connectivity index (χ2n) is 8.94. The Balaban J connectivity index is 1.88. The van der Waals surface area contributed by atoms with E-state index >= 15 is 0 Å². The third-order valence-electron chi connectivity index (χ3n) is 6.32. The van der Waals surface area contributed by atoms with Gasteiger partial charge < -0.3 is 84.5 Å². The molecule has 0 aromatic heterocycles. The second kappa shape index (κ2) is 13.0. The van der Waals surface area contributed by atoms with E-state index in [1.165, 1.54) is 0 Å². The van der Waals surface area contributed by atoms with E-state index in [4.69, 9.17) is 33.5 Å². The highest BCUT2D eigenvalue weighted by atomic mass is 31.2. The number of phosphoric acid groups is 1. The normalized spacial score (nSPS) is 48.7. The molecule has 3 heterocycles. The van der Waals surface area contributed by atoms with Crippen molar-refractivity contribution in [1.82, 2.24) is 0 Å². The van der Waals surface area contributed by atoms with Crippen LogP contribution in [0.2, 0.25) is 0 Å². The lowest BCUT2D eigenvalue weighted by molar-refractivity contribution is -0.387. The van der Waals surface area contributed by atoms with E-state index in [0.717, 1.165) is 0 Å². The van der Waals surface area contributed by atoms with Crippen molar-refractivity contribution in [3.05, 3.63) is 0 Å². The van der Waals surface area contributed by atoms with E-state index in [2.05, 4.69) is 4.52 Å². The van der Waals surface area contributed by atoms with Gasteiger partial charge in [-0.25, -0.2) is 4.57 Å². The first kappa shape index (κ1) is 32.0. The van der Waals surface area contributed by atoms with Crippen LogP contribution >= 0.6 is 7.82 Å². The molecule has 1 unspecified atom stereocenters. The summed E-state index contributed by atoms with van der Waals surface area (Å²) >= 11 is 0. The van der Waals surface area contributed by atoms with E-state index in [9.17, 15) is 55.6 Å². The Labute approximate surface area is 214 Å².